The van der Waals surface area contributed by atoms with Gasteiger partial charge in [0.15, 0.2) is 5.16 Å². The van der Waals surface area contributed by atoms with E-state index >= 15 is 0 Å². The van der Waals surface area contributed by atoms with E-state index in [1.54, 1.807) is 0 Å². The summed E-state index contributed by atoms with van der Waals surface area (Å²) in [6.45, 7) is 2.45. The quantitative estimate of drug-likeness (QED) is 0.469. The molecule has 2 fully saturated rings. The van der Waals surface area contributed by atoms with Gasteiger partial charge in [-0.15, -0.1) is 0 Å². The molecule has 0 saturated heterocycles. The van der Waals surface area contributed by atoms with Gasteiger partial charge in [0.05, 0.1) is 17.8 Å². The molecule has 176 valence electrons. The van der Waals surface area contributed by atoms with Crippen LogP contribution in [-0.2, 0) is 24.3 Å². The maximum atomic E-state index is 13.7. The summed E-state index contributed by atoms with van der Waals surface area (Å²) < 4.78 is 2.00. The maximum Gasteiger partial charge on any atom is 0.259 e. The van der Waals surface area contributed by atoms with Gasteiger partial charge in [0.2, 0.25) is 5.91 Å². The Morgan fingerprint density at radius 1 is 1.09 bits per heavy atom. The lowest BCUT2D eigenvalue weighted by Gasteiger charge is -2.31. The van der Waals surface area contributed by atoms with E-state index in [0.717, 1.165) is 35.8 Å². The van der Waals surface area contributed by atoms with Gasteiger partial charge in [0.1, 0.15) is 0 Å². The van der Waals surface area contributed by atoms with Crippen LogP contribution in [0.4, 0.5) is 0 Å². The van der Waals surface area contributed by atoms with Crippen LogP contribution in [0.1, 0.15) is 74.2 Å². The molecule has 1 aromatic heterocycles. The third kappa shape index (κ3) is 5.19. The standard InChI is InChI=1S/C26H34N4O2S/c31-24(13-15-27-17-19-7-2-1-3-8-19)29-16-14-23-22(18-29)25(32)30(20-9-4-5-10-20)26(28-23)33-21-11-6-12-21/h1-3,7-8,20-21,27H,4-6,9-18H2. The predicted molar refractivity (Wildman–Crippen MR) is 131 cm³/mol. The van der Waals surface area contributed by atoms with Gasteiger partial charge in [-0.25, -0.2) is 4.98 Å². The second kappa shape index (κ2) is 10.4. The van der Waals surface area contributed by atoms with E-state index in [-0.39, 0.29) is 17.5 Å². The number of carbonyl (C=O) groups is 1. The molecule has 0 spiro atoms. The summed E-state index contributed by atoms with van der Waals surface area (Å²) in [6, 6.07) is 10.5. The molecule has 2 saturated carbocycles. The monoisotopic (exact) mass is 466 g/mol. The van der Waals surface area contributed by atoms with Crippen LogP contribution < -0.4 is 10.9 Å². The van der Waals surface area contributed by atoms with Crippen LogP contribution in [-0.4, -0.2) is 38.7 Å². The molecule has 1 amide bonds. The molecule has 2 aromatic rings. The highest BCUT2D eigenvalue weighted by molar-refractivity contribution is 7.99. The zero-order chi connectivity index (χ0) is 22.6. The summed E-state index contributed by atoms with van der Waals surface area (Å²) >= 11 is 1.81. The lowest BCUT2D eigenvalue weighted by Crippen LogP contribution is -2.42. The molecule has 33 heavy (non-hydrogen) atoms. The second-order valence-electron chi connectivity index (χ2n) is 9.58. The van der Waals surface area contributed by atoms with Crippen LogP contribution in [0.15, 0.2) is 40.3 Å². The number of nitrogens with zero attached hydrogens (tertiary/aromatic N) is 3. The molecule has 1 N–H and O–H groups in total. The highest BCUT2D eigenvalue weighted by Crippen LogP contribution is 2.38. The number of nitrogens with one attached hydrogen (secondary N) is 1. The van der Waals surface area contributed by atoms with Crippen LogP contribution in [0.2, 0.25) is 0 Å². The van der Waals surface area contributed by atoms with Crippen molar-refractivity contribution >= 4 is 17.7 Å². The summed E-state index contributed by atoms with van der Waals surface area (Å²) in [6.07, 6.45) is 9.35. The van der Waals surface area contributed by atoms with Crippen LogP contribution in [0.25, 0.3) is 0 Å². The summed E-state index contributed by atoms with van der Waals surface area (Å²) in [4.78, 5) is 33.4. The molecule has 2 aliphatic carbocycles. The molecule has 7 heteroatoms. The van der Waals surface area contributed by atoms with E-state index in [1.807, 2.05) is 39.4 Å². The normalized spacial score (nSPS) is 18.8. The SMILES string of the molecule is O=C(CCNCc1ccccc1)N1CCc2nc(SC3CCC3)n(C3CCCC3)c(=O)c2C1. The average Bonchev–Trinajstić information content (AvgIpc) is 3.34. The van der Waals surface area contributed by atoms with Crippen LogP contribution in [0.3, 0.4) is 0 Å². The van der Waals surface area contributed by atoms with Crippen molar-refractivity contribution < 1.29 is 4.79 Å². The lowest BCUT2D eigenvalue weighted by molar-refractivity contribution is -0.132. The Bertz CT molecular complexity index is 1030. The van der Waals surface area contributed by atoms with Crippen molar-refractivity contribution in [1.82, 2.24) is 19.8 Å². The van der Waals surface area contributed by atoms with E-state index < -0.39 is 0 Å². The van der Waals surface area contributed by atoms with Crippen molar-refractivity contribution in [2.24, 2.45) is 0 Å². The van der Waals surface area contributed by atoms with Crippen molar-refractivity contribution in [1.29, 1.82) is 0 Å². The Balaban J connectivity index is 1.26. The summed E-state index contributed by atoms with van der Waals surface area (Å²) in [7, 11) is 0. The number of hydrogen-bond acceptors (Lipinski definition) is 5. The van der Waals surface area contributed by atoms with Crippen molar-refractivity contribution in [2.75, 3.05) is 13.1 Å². The number of hydrogen-bond donors (Lipinski definition) is 1. The van der Waals surface area contributed by atoms with Gasteiger partial charge in [0, 0.05) is 43.8 Å². The van der Waals surface area contributed by atoms with Crippen molar-refractivity contribution in [3.05, 3.63) is 57.5 Å². The zero-order valence-electron chi connectivity index (χ0n) is 19.3. The molecule has 3 aliphatic rings. The Labute approximate surface area is 200 Å². The third-order valence-corrected chi connectivity index (χ3v) is 8.59. The summed E-state index contributed by atoms with van der Waals surface area (Å²) in [5.74, 6) is 0.112. The van der Waals surface area contributed by atoms with Crippen LogP contribution >= 0.6 is 11.8 Å². The first kappa shape index (κ1) is 22.7. The van der Waals surface area contributed by atoms with E-state index in [0.29, 0.717) is 37.7 Å². The van der Waals surface area contributed by atoms with Crippen LogP contribution in [0.5, 0.6) is 0 Å². The van der Waals surface area contributed by atoms with E-state index in [9.17, 15) is 9.59 Å². The van der Waals surface area contributed by atoms with Gasteiger partial charge in [-0.05, 0) is 31.2 Å². The van der Waals surface area contributed by atoms with Crippen LogP contribution in [0, 0.1) is 0 Å². The van der Waals surface area contributed by atoms with Gasteiger partial charge < -0.3 is 10.2 Å². The second-order valence-corrected chi connectivity index (χ2v) is 10.8. The Hall–Kier alpha value is -2.12. The predicted octanol–water partition coefficient (Wildman–Crippen LogP) is 4.07. The molecule has 0 bridgehead atoms. The van der Waals surface area contributed by atoms with Gasteiger partial charge in [-0.1, -0.05) is 61.4 Å². The Morgan fingerprint density at radius 2 is 1.88 bits per heavy atom. The first-order chi connectivity index (χ1) is 16.2. The zero-order valence-corrected chi connectivity index (χ0v) is 20.1. The first-order valence-corrected chi connectivity index (χ1v) is 13.4. The molecule has 5 rings (SSSR count). The van der Waals surface area contributed by atoms with E-state index in [4.69, 9.17) is 4.98 Å². The summed E-state index contributed by atoms with van der Waals surface area (Å²) in [5.41, 5.74) is 2.98. The fourth-order valence-corrected chi connectivity index (χ4v) is 6.44. The molecular formula is C26H34N4O2S. The molecule has 6 nitrogen and oxygen atoms in total. The maximum absolute atomic E-state index is 13.7. The Morgan fingerprint density at radius 3 is 2.61 bits per heavy atom. The Kier molecular flexibility index (Phi) is 7.16. The van der Waals surface area contributed by atoms with E-state index in [1.165, 1.54) is 37.7 Å². The van der Waals surface area contributed by atoms with E-state index in [2.05, 4.69) is 17.4 Å². The largest absolute Gasteiger partial charge is 0.338 e. The average molecular weight is 467 g/mol. The summed E-state index contributed by atoms with van der Waals surface area (Å²) in [5, 5.41) is 4.89. The third-order valence-electron chi connectivity index (χ3n) is 7.28. The molecule has 0 unspecified atom stereocenters. The van der Waals surface area contributed by atoms with Gasteiger partial charge in [-0.2, -0.15) is 0 Å². The molecule has 0 radical (unpaired) electrons. The number of thioether (sulfide) groups is 1. The molecule has 0 atom stereocenters. The topological polar surface area (TPSA) is 67.2 Å². The smallest absolute Gasteiger partial charge is 0.259 e. The number of amides is 1. The number of benzene rings is 1. The fourth-order valence-electron chi connectivity index (χ4n) is 5.07. The van der Waals surface area contributed by atoms with Crippen molar-refractivity contribution in [3.63, 3.8) is 0 Å². The fraction of sp³-hybridized carbons (Fsp3) is 0.577. The first-order valence-electron chi connectivity index (χ1n) is 12.5. The number of fused-ring (bicyclic) bond motifs is 1. The lowest BCUT2D eigenvalue weighted by atomic mass is 10.0. The minimum atomic E-state index is 0.105. The minimum Gasteiger partial charge on any atom is -0.338 e. The van der Waals surface area contributed by atoms with Gasteiger partial charge in [0.25, 0.3) is 5.56 Å². The minimum absolute atomic E-state index is 0.105. The highest BCUT2D eigenvalue weighted by Gasteiger charge is 2.31. The van der Waals surface area contributed by atoms with Crippen molar-refractivity contribution in [2.45, 2.75) is 87.3 Å². The van der Waals surface area contributed by atoms with Gasteiger partial charge in [-0.3, -0.25) is 14.2 Å². The molecule has 1 aliphatic heterocycles. The molecular weight excluding hydrogens is 432 g/mol. The van der Waals surface area contributed by atoms with Crippen molar-refractivity contribution in [3.8, 4) is 0 Å². The number of rotatable bonds is 8. The molecule has 1 aromatic carbocycles. The van der Waals surface area contributed by atoms with Gasteiger partial charge >= 0.3 is 0 Å². The number of aromatic nitrogens is 2. The number of carbonyl (C=O) groups excluding carboxylic acids is 1. The highest BCUT2D eigenvalue weighted by atomic mass is 32.2. The molecule has 2 heterocycles.